The molecule has 1 saturated heterocycles. The highest BCUT2D eigenvalue weighted by Gasteiger charge is 2.26. The normalized spacial score (nSPS) is 19.9. The second-order valence-corrected chi connectivity index (χ2v) is 6.27. The van der Waals surface area contributed by atoms with Gasteiger partial charge in [-0.1, -0.05) is 18.2 Å². The molecule has 0 aliphatic carbocycles. The number of para-hydroxylation sites is 1. The Morgan fingerprint density at radius 3 is 3.04 bits per heavy atom. The molecule has 0 bridgehead atoms. The number of ether oxygens (including phenoxy) is 2. The molecule has 2 aromatic rings. The number of aryl methyl sites for hydroxylation is 1. The average molecular weight is 326 g/mol. The van der Waals surface area contributed by atoms with E-state index >= 15 is 0 Å². The smallest absolute Gasteiger partial charge is 0.136 e. The van der Waals surface area contributed by atoms with Crippen molar-refractivity contribution in [3.8, 4) is 5.75 Å². The summed E-state index contributed by atoms with van der Waals surface area (Å²) in [7, 11) is 0. The Balaban J connectivity index is 1.75. The third-order valence-corrected chi connectivity index (χ3v) is 4.59. The molecule has 2 aliphatic heterocycles. The van der Waals surface area contributed by atoms with Gasteiger partial charge in [0.05, 0.1) is 18.4 Å². The molecule has 24 heavy (non-hydrogen) atoms. The van der Waals surface area contributed by atoms with E-state index in [1.807, 2.05) is 25.1 Å². The van der Waals surface area contributed by atoms with E-state index < -0.39 is 0 Å². The Morgan fingerprint density at radius 2 is 2.17 bits per heavy atom. The van der Waals surface area contributed by atoms with Crippen molar-refractivity contribution in [3.63, 3.8) is 0 Å². The maximum absolute atomic E-state index is 5.96. The van der Waals surface area contributed by atoms with Crippen LogP contribution >= 0.6 is 0 Å². The van der Waals surface area contributed by atoms with Gasteiger partial charge in [0.1, 0.15) is 24.0 Å². The van der Waals surface area contributed by atoms with Gasteiger partial charge in [-0.2, -0.15) is 0 Å². The lowest BCUT2D eigenvalue weighted by molar-refractivity contribution is 0.0462. The lowest BCUT2D eigenvalue weighted by Gasteiger charge is -2.34. The van der Waals surface area contributed by atoms with Crippen LogP contribution < -0.4 is 15.4 Å². The first-order valence-electron chi connectivity index (χ1n) is 8.38. The molecule has 0 saturated carbocycles. The van der Waals surface area contributed by atoms with Crippen LogP contribution in [0.4, 0.5) is 5.82 Å². The minimum Gasteiger partial charge on any atom is -0.487 e. The Hall–Kier alpha value is -2.18. The summed E-state index contributed by atoms with van der Waals surface area (Å²) in [5.74, 6) is 2.70. The van der Waals surface area contributed by atoms with Crippen LogP contribution in [-0.2, 0) is 17.8 Å². The first-order valence-corrected chi connectivity index (χ1v) is 8.38. The van der Waals surface area contributed by atoms with Crippen LogP contribution in [0.5, 0.6) is 5.75 Å². The summed E-state index contributed by atoms with van der Waals surface area (Å²) in [6.45, 7) is 5.20. The molecule has 1 fully saturated rings. The molecule has 0 amide bonds. The van der Waals surface area contributed by atoms with Gasteiger partial charge in [-0.15, -0.1) is 0 Å². The molecule has 0 radical (unpaired) electrons. The topological polar surface area (TPSA) is 73.5 Å². The molecule has 0 spiro atoms. The van der Waals surface area contributed by atoms with E-state index in [4.69, 9.17) is 20.2 Å². The van der Waals surface area contributed by atoms with Gasteiger partial charge >= 0.3 is 0 Å². The van der Waals surface area contributed by atoms with Crippen molar-refractivity contribution in [2.24, 2.45) is 5.73 Å². The molecule has 1 aromatic heterocycles. The molecule has 6 nitrogen and oxygen atoms in total. The van der Waals surface area contributed by atoms with Gasteiger partial charge in [0, 0.05) is 31.6 Å². The van der Waals surface area contributed by atoms with Crippen LogP contribution in [0.3, 0.4) is 0 Å². The molecule has 2 N–H and O–H groups in total. The highest BCUT2D eigenvalue weighted by Crippen LogP contribution is 2.32. The molecule has 3 heterocycles. The fourth-order valence-electron chi connectivity index (χ4n) is 3.38. The summed E-state index contributed by atoms with van der Waals surface area (Å²) in [5, 5.41) is 0. The second-order valence-electron chi connectivity index (χ2n) is 6.27. The van der Waals surface area contributed by atoms with E-state index in [-0.39, 0.29) is 6.10 Å². The molecule has 4 rings (SSSR count). The first kappa shape index (κ1) is 15.4. The number of aromatic nitrogens is 2. The van der Waals surface area contributed by atoms with Crippen molar-refractivity contribution >= 4 is 5.82 Å². The SMILES string of the molecule is Cc1nc2c(c(N3CCO[C@H](CN)C3)n1)Cc1ccccc1OC2. The quantitative estimate of drug-likeness (QED) is 0.900. The van der Waals surface area contributed by atoms with Gasteiger partial charge in [0.25, 0.3) is 0 Å². The summed E-state index contributed by atoms with van der Waals surface area (Å²) >= 11 is 0. The zero-order valence-corrected chi connectivity index (χ0v) is 13.9. The number of morpholine rings is 1. The maximum Gasteiger partial charge on any atom is 0.136 e. The van der Waals surface area contributed by atoms with Crippen LogP contribution in [0.25, 0.3) is 0 Å². The van der Waals surface area contributed by atoms with E-state index in [2.05, 4.69) is 16.0 Å². The van der Waals surface area contributed by atoms with E-state index in [9.17, 15) is 0 Å². The zero-order valence-electron chi connectivity index (χ0n) is 13.9. The summed E-state index contributed by atoms with van der Waals surface area (Å²) < 4.78 is 11.7. The Bertz CT molecular complexity index is 750. The number of rotatable bonds is 2. The van der Waals surface area contributed by atoms with Crippen LogP contribution in [0.15, 0.2) is 24.3 Å². The number of hydrogen-bond donors (Lipinski definition) is 1. The summed E-state index contributed by atoms with van der Waals surface area (Å²) in [6, 6.07) is 8.16. The van der Waals surface area contributed by atoms with Crippen molar-refractivity contribution in [2.75, 3.05) is 31.1 Å². The van der Waals surface area contributed by atoms with Crippen molar-refractivity contribution in [1.82, 2.24) is 9.97 Å². The number of nitrogens with two attached hydrogens (primary N) is 1. The van der Waals surface area contributed by atoms with Gasteiger partial charge in [0.15, 0.2) is 0 Å². The van der Waals surface area contributed by atoms with Gasteiger partial charge in [-0.3, -0.25) is 0 Å². The van der Waals surface area contributed by atoms with E-state index in [1.165, 1.54) is 5.56 Å². The molecule has 1 aromatic carbocycles. The number of fused-ring (bicyclic) bond motifs is 2. The monoisotopic (exact) mass is 326 g/mol. The first-order chi connectivity index (χ1) is 11.7. The van der Waals surface area contributed by atoms with Crippen molar-refractivity contribution < 1.29 is 9.47 Å². The number of hydrogen-bond acceptors (Lipinski definition) is 6. The van der Waals surface area contributed by atoms with Gasteiger partial charge < -0.3 is 20.1 Å². The van der Waals surface area contributed by atoms with Crippen molar-refractivity contribution in [3.05, 3.63) is 46.9 Å². The third kappa shape index (κ3) is 2.83. The van der Waals surface area contributed by atoms with Gasteiger partial charge in [0.2, 0.25) is 0 Å². The van der Waals surface area contributed by atoms with E-state index in [0.717, 1.165) is 48.2 Å². The molecule has 6 heteroatoms. The van der Waals surface area contributed by atoms with Crippen molar-refractivity contribution in [2.45, 2.75) is 26.1 Å². The average Bonchev–Trinajstić information content (AvgIpc) is 2.80. The zero-order chi connectivity index (χ0) is 16.5. The second kappa shape index (κ2) is 6.37. The highest BCUT2D eigenvalue weighted by molar-refractivity contribution is 5.54. The molecule has 2 aliphatic rings. The van der Waals surface area contributed by atoms with E-state index in [0.29, 0.717) is 19.8 Å². The van der Waals surface area contributed by atoms with Gasteiger partial charge in [-0.25, -0.2) is 9.97 Å². The predicted octanol–water partition coefficient (Wildman–Crippen LogP) is 1.43. The Kier molecular flexibility index (Phi) is 4.08. The fourth-order valence-corrected chi connectivity index (χ4v) is 3.38. The summed E-state index contributed by atoms with van der Waals surface area (Å²) in [4.78, 5) is 11.7. The fraction of sp³-hybridized carbons (Fsp3) is 0.444. The van der Waals surface area contributed by atoms with Crippen LogP contribution in [-0.4, -0.2) is 42.3 Å². The lowest BCUT2D eigenvalue weighted by Crippen LogP contribution is -2.46. The molecule has 0 unspecified atom stereocenters. The van der Waals surface area contributed by atoms with Crippen LogP contribution in [0, 0.1) is 6.92 Å². The lowest BCUT2D eigenvalue weighted by atomic mass is 10.0. The Labute approximate surface area is 141 Å². The number of nitrogens with zero attached hydrogens (tertiary/aromatic N) is 3. The Morgan fingerprint density at radius 1 is 1.29 bits per heavy atom. The van der Waals surface area contributed by atoms with Crippen LogP contribution in [0.2, 0.25) is 0 Å². The minimum absolute atomic E-state index is 0.0546. The van der Waals surface area contributed by atoms with Crippen molar-refractivity contribution in [1.29, 1.82) is 0 Å². The highest BCUT2D eigenvalue weighted by atomic mass is 16.5. The molecular formula is C18H22N4O2. The summed E-state index contributed by atoms with van der Waals surface area (Å²) in [6.07, 6.45) is 0.838. The summed E-state index contributed by atoms with van der Waals surface area (Å²) in [5.41, 5.74) is 9.10. The minimum atomic E-state index is 0.0546. The number of benzene rings is 1. The van der Waals surface area contributed by atoms with Gasteiger partial charge in [-0.05, 0) is 18.6 Å². The standard InChI is InChI=1S/C18H22N4O2/c1-12-20-16-11-24-17-5-3-2-4-13(17)8-15(16)18(21-12)22-6-7-23-14(9-19)10-22/h2-5,14H,6-11,19H2,1H3/t14-/m1/s1. The predicted molar refractivity (Wildman–Crippen MR) is 91.4 cm³/mol. The van der Waals surface area contributed by atoms with Crippen LogP contribution in [0.1, 0.15) is 22.6 Å². The largest absolute Gasteiger partial charge is 0.487 e. The molecular weight excluding hydrogens is 304 g/mol. The third-order valence-electron chi connectivity index (χ3n) is 4.59. The number of anilines is 1. The van der Waals surface area contributed by atoms with E-state index in [1.54, 1.807) is 0 Å². The molecule has 1 atom stereocenters. The maximum atomic E-state index is 5.96. The molecule has 126 valence electrons.